The molecule has 1 aromatic heterocycles. The molecule has 2 aromatic rings. The molecule has 1 aromatic carbocycles. The third kappa shape index (κ3) is 2.27. The highest BCUT2D eigenvalue weighted by atomic mass is 19.1. The smallest absolute Gasteiger partial charge is 0.169 e. The third-order valence-corrected chi connectivity index (χ3v) is 4.13. The Kier molecular flexibility index (Phi) is 3.09. The summed E-state index contributed by atoms with van der Waals surface area (Å²) in [5, 5.41) is 4.40. The van der Waals surface area contributed by atoms with Crippen LogP contribution in [0.5, 0.6) is 0 Å². The van der Waals surface area contributed by atoms with Crippen molar-refractivity contribution in [1.82, 2.24) is 5.32 Å². The van der Waals surface area contributed by atoms with Crippen LogP contribution in [0.4, 0.5) is 4.39 Å². The van der Waals surface area contributed by atoms with E-state index in [9.17, 15) is 4.39 Å². The molecule has 102 valence electrons. The van der Waals surface area contributed by atoms with E-state index in [1.54, 1.807) is 6.07 Å². The first-order valence-corrected chi connectivity index (χ1v) is 7.05. The monoisotopic (exact) mass is 261 g/mol. The number of para-hydroxylation sites is 1. The highest BCUT2D eigenvalue weighted by Crippen LogP contribution is 2.55. The summed E-state index contributed by atoms with van der Waals surface area (Å²) in [5.74, 6) is 0.590. The van der Waals surface area contributed by atoms with Crippen LogP contribution in [-0.4, -0.2) is 6.54 Å². The van der Waals surface area contributed by atoms with Crippen LogP contribution < -0.4 is 5.32 Å². The normalized spacial score (nSPS) is 18.7. The molecule has 1 heterocycles. The van der Waals surface area contributed by atoms with Gasteiger partial charge in [-0.15, -0.1) is 0 Å². The SMILES string of the molecule is CCCNC(c1cc2cccc(F)c2o1)C1(C)CC1. The van der Waals surface area contributed by atoms with Crippen molar-refractivity contribution in [3.63, 3.8) is 0 Å². The maximum Gasteiger partial charge on any atom is 0.169 e. The molecule has 1 aliphatic carbocycles. The molecule has 0 saturated heterocycles. The number of rotatable bonds is 5. The Balaban J connectivity index is 1.98. The lowest BCUT2D eigenvalue weighted by Crippen LogP contribution is -2.28. The van der Waals surface area contributed by atoms with Gasteiger partial charge in [0.15, 0.2) is 11.4 Å². The second kappa shape index (κ2) is 4.64. The third-order valence-electron chi connectivity index (χ3n) is 4.13. The average Bonchev–Trinajstić information content (AvgIpc) is 2.98. The van der Waals surface area contributed by atoms with Gasteiger partial charge in [0.2, 0.25) is 0 Å². The molecule has 0 radical (unpaired) electrons. The maximum absolute atomic E-state index is 13.7. The lowest BCUT2D eigenvalue weighted by molar-refractivity contribution is 0.315. The lowest BCUT2D eigenvalue weighted by atomic mass is 9.96. The van der Waals surface area contributed by atoms with Crippen molar-refractivity contribution < 1.29 is 8.81 Å². The fourth-order valence-electron chi connectivity index (χ4n) is 2.65. The summed E-state index contributed by atoms with van der Waals surface area (Å²) in [7, 11) is 0. The molecular weight excluding hydrogens is 241 g/mol. The Morgan fingerprint density at radius 2 is 2.21 bits per heavy atom. The summed E-state index contributed by atoms with van der Waals surface area (Å²) in [6.07, 6.45) is 3.49. The Labute approximate surface area is 113 Å². The van der Waals surface area contributed by atoms with Gasteiger partial charge in [0.05, 0.1) is 6.04 Å². The van der Waals surface area contributed by atoms with Gasteiger partial charge in [-0.05, 0) is 43.4 Å². The second-order valence-corrected chi connectivity index (χ2v) is 5.85. The number of furan rings is 1. The van der Waals surface area contributed by atoms with Gasteiger partial charge in [-0.25, -0.2) is 4.39 Å². The van der Waals surface area contributed by atoms with Crippen molar-refractivity contribution in [2.45, 2.75) is 39.2 Å². The molecule has 2 nitrogen and oxygen atoms in total. The van der Waals surface area contributed by atoms with Crippen molar-refractivity contribution in [2.75, 3.05) is 6.54 Å². The molecule has 1 N–H and O–H groups in total. The minimum absolute atomic E-state index is 0.194. The molecule has 1 fully saturated rings. The fourth-order valence-corrected chi connectivity index (χ4v) is 2.65. The predicted octanol–water partition coefficient (Wildman–Crippen LogP) is 4.41. The predicted molar refractivity (Wildman–Crippen MR) is 74.5 cm³/mol. The average molecular weight is 261 g/mol. The van der Waals surface area contributed by atoms with E-state index in [0.29, 0.717) is 5.58 Å². The molecule has 1 saturated carbocycles. The number of benzene rings is 1. The van der Waals surface area contributed by atoms with Gasteiger partial charge in [-0.1, -0.05) is 26.0 Å². The van der Waals surface area contributed by atoms with Crippen LogP contribution in [0.3, 0.4) is 0 Å². The van der Waals surface area contributed by atoms with E-state index in [4.69, 9.17) is 4.42 Å². The van der Waals surface area contributed by atoms with E-state index in [1.807, 2.05) is 12.1 Å². The molecule has 19 heavy (non-hydrogen) atoms. The number of fused-ring (bicyclic) bond motifs is 1. The Bertz CT molecular complexity index is 585. The Hall–Kier alpha value is -1.35. The van der Waals surface area contributed by atoms with Crippen molar-refractivity contribution in [3.05, 3.63) is 35.8 Å². The Morgan fingerprint density at radius 3 is 2.84 bits per heavy atom. The van der Waals surface area contributed by atoms with Gasteiger partial charge < -0.3 is 9.73 Å². The first-order valence-electron chi connectivity index (χ1n) is 7.05. The highest BCUT2D eigenvalue weighted by molar-refractivity contribution is 5.78. The molecular formula is C16H20FNO. The number of hydrogen-bond donors (Lipinski definition) is 1. The number of hydrogen-bond acceptors (Lipinski definition) is 2. The molecule has 0 spiro atoms. The summed E-state index contributed by atoms with van der Waals surface area (Å²) >= 11 is 0. The van der Waals surface area contributed by atoms with E-state index in [0.717, 1.165) is 24.1 Å². The van der Waals surface area contributed by atoms with Crippen LogP contribution in [-0.2, 0) is 0 Å². The summed E-state index contributed by atoms with van der Waals surface area (Å²) in [5.41, 5.74) is 0.643. The zero-order valence-corrected chi connectivity index (χ0v) is 11.5. The first-order chi connectivity index (χ1) is 9.14. The van der Waals surface area contributed by atoms with Gasteiger partial charge in [0, 0.05) is 5.39 Å². The summed E-state index contributed by atoms with van der Waals surface area (Å²) in [4.78, 5) is 0. The van der Waals surface area contributed by atoms with Gasteiger partial charge in [-0.2, -0.15) is 0 Å². The largest absolute Gasteiger partial charge is 0.456 e. The van der Waals surface area contributed by atoms with Gasteiger partial charge >= 0.3 is 0 Å². The molecule has 1 atom stereocenters. The van der Waals surface area contributed by atoms with Crippen molar-refractivity contribution in [1.29, 1.82) is 0 Å². The van der Waals surface area contributed by atoms with Crippen LogP contribution >= 0.6 is 0 Å². The van der Waals surface area contributed by atoms with Crippen molar-refractivity contribution in [2.24, 2.45) is 5.41 Å². The highest BCUT2D eigenvalue weighted by Gasteiger charge is 2.46. The standard InChI is InChI=1S/C16H20FNO/c1-3-9-18-15(16(2)7-8-16)13-10-11-5-4-6-12(17)14(11)19-13/h4-6,10,15,18H,3,7-9H2,1-2H3. The molecule has 3 heteroatoms. The molecule has 3 rings (SSSR count). The zero-order chi connectivity index (χ0) is 13.5. The van der Waals surface area contributed by atoms with E-state index in [-0.39, 0.29) is 17.3 Å². The topological polar surface area (TPSA) is 25.2 Å². The molecule has 1 aliphatic rings. The number of nitrogens with one attached hydrogen (secondary N) is 1. The molecule has 1 unspecified atom stereocenters. The lowest BCUT2D eigenvalue weighted by Gasteiger charge is -2.22. The van der Waals surface area contributed by atoms with E-state index < -0.39 is 0 Å². The number of halogens is 1. The van der Waals surface area contributed by atoms with Gasteiger partial charge in [0.1, 0.15) is 5.76 Å². The van der Waals surface area contributed by atoms with E-state index >= 15 is 0 Å². The summed E-state index contributed by atoms with van der Waals surface area (Å²) in [6.45, 7) is 5.38. The first kappa shape index (κ1) is 12.7. The maximum atomic E-state index is 13.7. The van der Waals surface area contributed by atoms with Crippen LogP contribution in [0.15, 0.2) is 28.7 Å². The van der Waals surface area contributed by atoms with Crippen LogP contribution in [0.2, 0.25) is 0 Å². The van der Waals surface area contributed by atoms with E-state index in [2.05, 4.69) is 19.2 Å². The zero-order valence-electron chi connectivity index (χ0n) is 11.5. The quantitative estimate of drug-likeness (QED) is 0.862. The van der Waals surface area contributed by atoms with Gasteiger partial charge in [-0.3, -0.25) is 0 Å². The fraction of sp³-hybridized carbons (Fsp3) is 0.500. The Morgan fingerprint density at radius 1 is 1.42 bits per heavy atom. The van der Waals surface area contributed by atoms with E-state index in [1.165, 1.54) is 18.9 Å². The molecule has 0 amide bonds. The van der Waals surface area contributed by atoms with Crippen LogP contribution in [0.1, 0.15) is 44.9 Å². The summed E-state index contributed by atoms with van der Waals surface area (Å²) < 4.78 is 19.5. The second-order valence-electron chi connectivity index (χ2n) is 5.85. The van der Waals surface area contributed by atoms with Crippen molar-refractivity contribution in [3.8, 4) is 0 Å². The van der Waals surface area contributed by atoms with Gasteiger partial charge in [0.25, 0.3) is 0 Å². The van der Waals surface area contributed by atoms with Crippen LogP contribution in [0.25, 0.3) is 11.0 Å². The summed E-state index contributed by atoms with van der Waals surface area (Å²) in [6, 6.07) is 7.25. The van der Waals surface area contributed by atoms with Crippen molar-refractivity contribution >= 4 is 11.0 Å². The minimum atomic E-state index is -0.279. The minimum Gasteiger partial charge on any atom is -0.456 e. The molecule has 0 bridgehead atoms. The van der Waals surface area contributed by atoms with Crippen LogP contribution in [0, 0.1) is 11.2 Å². The molecule has 0 aliphatic heterocycles.